The summed E-state index contributed by atoms with van der Waals surface area (Å²) >= 11 is 5.82. The number of benzene rings is 1. The molecule has 0 heterocycles. The number of amides is 1. The normalized spacial score (nSPS) is 10.6. The van der Waals surface area contributed by atoms with Gasteiger partial charge < -0.3 is 4.90 Å². The van der Waals surface area contributed by atoms with Gasteiger partial charge in [0.15, 0.2) is 0 Å². The molecule has 0 saturated heterocycles. The molecule has 0 saturated carbocycles. The molecular formula is C12H15ClFNO. The third kappa shape index (κ3) is 2.95. The Morgan fingerprint density at radius 2 is 2.12 bits per heavy atom. The van der Waals surface area contributed by atoms with Gasteiger partial charge in [-0.3, -0.25) is 4.79 Å². The summed E-state index contributed by atoms with van der Waals surface area (Å²) in [5, 5.41) is 0.153. The number of rotatable bonds is 3. The maximum absolute atomic E-state index is 13.5. The fraction of sp³-hybridized carbons (Fsp3) is 0.417. The van der Waals surface area contributed by atoms with Crippen LogP contribution in [0.25, 0.3) is 0 Å². The number of hydrogen-bond acceptors (Lipinski definition) is 1. The molecule has 0 aliphatic carbocycles. The van der Waals surface area contributed by atoms with Gasteiger partial charge in [0.25, 0.3) is 5.91 Å². The van der Waals surface area contributed by atoms with Crippen LogP contribution in [-0.4, -0.2) is 24.4 Å². The van der Waals surface area contributed by atoms with E-state index in [1.54, 1.807) is 7.05 Å². The summed E-state index contributed by atoms with van der Waals surface area (Å²) in [6, 6.07) is 4.24. The van der Waals surface area contributed by atoms with E-state index in [4.69, 9.17) is 11.6 Å². The Morgan fingerprint density at radius 1 is 1.50 bits per heavy atom. The van der Waals surface area contributed by atoms with Gasteiger partial charge in [0.05, 0.1) is 10.6 Å². The summed E-state index contributed by atoms with van der Waals surface area (Å²) in [5.74, 6) is -0.621. The molecule has 1 rings (SSSR count). The predicted octanol–water partition coefficient (Wildman–Crippen LogP) is 3.21. The van der Waals surface area contributed by atoms with E-state index in [9.17, 15) is 9.18 Å². The van der Waals surface area contributed by atoms with Crippen LogP contribution in [0.2, 0.25) is 5.02 Å². The van der Waals surface area contributed by atoms with Crippen molar-refractivity contribution in [2.24, 2.45) is 5.92 Å². The molecule has 4 heteroatoms. The predicted molar refractivity (Wildman–Crippen MR) is 63.2 cm³/mol. The zero-order valence-electron chi connectivity index (χ0n) is 9.63. The lowest BCUT2D eigenvalue weighted by atomic mass is 10.1. The standard InChI is InChI=1S/C12H15ClFNO/c1-8(2)7-15(3)12(16)11-9(13)5-4-6-10(11)14/h4-6,8H,7H2,1-3H3. The average Bonchev–Trinajstić information content (AvgIpc) is 2.16. The number of carbonyl (C=O) groups excluding carboxylic acids is 1. The van der Waals surface area contributed by atoms with Crippen molar-refractivity contribution in [2.75, 3.05) is 13.6 Å². The summed E-state index contributed by atoms with van der Waals surface area (Å²) in [6.45, 7) is 4.56. The molecule has 0 aliphatic rings. The summed E-state index contributed by atoms with van der Waals surface area (Å²) in [5.41, 5.74) is -0.0488. The molecule has 0 aromatic heterocycles. The first kappa shape index (κ1) is 13.0. The molecule has 0 spiro atoms. The van der Waals surface area contributed by atoms with Gasteiger partial charge >= 0.3 is 0 Å². The maximum Gasteiger partial charge on any atom is 0.258 e. The van der Waals surface area contributed by atoms with Crippen molar-refractivity contribution in [3.05, 3.63) is 34.6 Å². The second-order valence-corrected chi connectivity index (χ2v) is 4.58. The van der Waals surface area contributed by atoms with E-state index in [1.807, 2.05) is 13.8 Å². The zero-order valence-corrected chi connectivity index (χ0v) is 10.4. The smallest absolute Gasteiger partial charge is 0.258 e. The molecule has 2 nitrogen and oxygen atoms in total. The monoisotopic (exact) mass is 243 g/mol. The number of hydrogen-bond donors (Lipinski definition) is 0. The van der Waals surface area contributed by atoms with Crippen LogP contribution in [0.5, 0.6) is 0 Å². The van der Waals surface area contributed by atoms with Crippen LogP contribution in [-0.2, 0) is 0 Å². The van der Waals surface area contributed by atoms with Gasteiger partial charge in [-0.25, -0.2) is 4.39 Å². The highest BCUT2D eigenvalue weighted by atomic mass is 35.5. The highest BCUT2D eigenvalue weighted by molar-refractivity contribution is 6.33. The van der Waals surface area contributed by atoms with Crippen LogP contribution in [0.4, 0.5) is 4.39 Å². The molecule has 0 bridgehead atoms. The minimum absolute atomic E-state index is 0.0488. The zero-order chi connectivity index (χ0) is 12.3. The topological polar surface area (TPSA) is 20.3 Å². The minimum atomic E-state index is -0.576. The molecule has 1 aromatic carbocycles. The third-order valence-corrected chi connectivity index (χ3v) is 2.48. The molecule has 0 aliphatic heterocycles. The van der Waals surface area contributed by atoms with Crippen molar-refractivity contribution >= 4 is 17.5 Å². The van der Waals surface area contributed by atoms with Crippen LogP contribution < -0.4 is 0 Å². The quantitative estimate of drug-likeness (QED) is 0.798. The number of halogens is 2. The average molecular weight is 244 g/mol. The first-order chi connectivity index (χ1) is 7.43. The lowest BCUT2D eigenvalue weighted by Crippen LogP contribution is -2.31. The molecular weight excluding hydrogens is 229 g/mol. The molecule has 1 aromatic rings. The fourth-order valence-corrected chi connectivity index (χ4v) is 1.77. The van der Waals surface area contributed by atoms with Gasteiger partial charge in [0.2, 0.25) is 0 Å². The van der Waals surface area contributed by atoms with Crippen LogP contribution in [0.3, 0.4) is 0 Å². The SMILES string of the molecule is CC(C)CN(C)C(=O)c1c(F)cccc1Cl. The Hall–Kier alpha value is -1.09. The first-order valence-electron chi connectivity index (χ1n) is 5.13. The summed E-state index contributed by atoms with van der Waals surface area (Å²) in [6.07, 6.45) is 0. The number of nitrogens with zero attached hydrogens (tertiary/aromatic N) is 1. The molecule has 88 valence electrons. The Balaban J connectivity index is 2.96. The van der Waals surface area contributed by atoms with Crippen molar-refractivity contribution in [3.8, 4) is 0 Å². The summed E-state index contributed by atoms with van der Waals surface area (Å²) in [7, 11) is 1.64. The van der Waals surface area contributed by atoms with Crippen LogP contribution in [0, 0.1) is 11.7 Å². The lowest BCUT2D eigenvalue weighted by molar-refractivity contribution is 0.0774. The van der Waals surface area contributed by atoms with E-state index in [-0.39, 0.29) is 16.5 Å². The van der Waals surface area contributed by atoms with Crippen molar-refractivity contribution in [1.82, 2.24) is 4.90 Å². The van der Waals surface area contributed by atoms with E-state index >= 15 is 0 Å². The van der Waals surface area contributed by atoms with Crippen molar-refractivity contribution in [1.29, 1.82) is 0 Å². The van der Waals surface area contributed by atoms with E-state index in [1.165, 1.54) is 23.1 Å². The Morgan fingerprint density at radius 3 is 2.62 bits per heavy atom. The van der Waals surface area contributed by atoms with E-state index in [2.05, 4.69) is 0 Å². The minimum Gasteiger partial charge on any atom is -0.341 e. The largest absolute Gasteiger partial charge is 0.341 e. The lowest BCUT2D eigenvalue weighted by Gasteiger charge is -2.20. The van der Waals surface area contributed by atoms with E-state index in [0.29, 0.717) is 12.5 Å². The van der Waals surface area contributed by atoms with Crippen molar-refractivity contribution in [3.63, 3.8) is 0 Å². The van der Waals surface area contributed by atoms with Gasteiger partial charge in [-0.05, 0) is 18.1 Å². The molecule has 1 amide bonds. The fourth-order valence-electron chi connectivity index (χ4n) is 1.52. The van der Waals surface area contributed by atoms with Gasteiger partial charge in [-0.15, -0.1) is 0 Å². The Kier molecular flexibility index (Phi) is 4.30. The molecule has 0 radical (unpaired) electrons. The van der Waals surface area contributed by atoms with E-state index < -0.39 is 5.82 Å². The van der Waals surface area contributed by atoms with Gasteiger partial charge in [-0.2, -0.15) is 0 Å². The van der Waals surface area contributed by atoms with Crippen molar-refractivity contribution < 1.29 is 9.18 Å². The van der Waals surface area contributed by atoms with Crippen molar-refractivity contribution in [2.45, 2.75) is 13.8 Å². The molecule has 0 fully saturated rings. The third-order valence-electron chi connectivity index (χ3n) is 2.16. The van der Waals surface area contributed by atoms with Crippen LogP contribution in [0.1, 0.15) is 24.2 Å². The Labute approximate surface area is 100 Å². The second-order valence-electron chi connectivity index (χ2n) is 4.18. The van der Waals surface area contributed by atoms with E-state index in [0.717, 1.165) is 0 Å². The molecule has 16 heavy (non-hydrogen) atoms. The van der Waals surface area contributed by atoms with Gasteiger partial charge in [0, 0.05) is 13.6 Å². The molecule has 0 unspecified atom stereocenters. The van der Waals surface area contributed by atoms with Gasteiger partial charge in [0.1, 0.15) is 5.82 Å². The Bertz CT molecular complexity index is 372. The maximum atomic E-state index is 13.5. The first-order valence-corrected chi connectivity index (χ1v) is 5.50. The van der Waals surface area contributed by atoms with Crippen LogP contribution >= 0.6 is 11.6 Å². The van der Waals surface area contributed by atoms with Crippen LogP contribution in [0.15, 0.2) is 18.2 Å². The summed E-state index contributed by atoms with van der Waals surface area (Å²) in [4.78, 5) is 13.4. The van der Waals surface area contributed by atoms with Gasteiger partial charge in [-0.1, -0.05) is 31.5 Å². The summed E-state index contributed by atoms with van der Waals surface area (Å²) < 4.78 is 13.5. The molecule has 0 N–H and O–H groups in total. The highest BCUT2D eigenvalue weighted by Gasteiger charge is 2.19. The highest BCUT2D eigenvalue weighted by Crippen LogP contribution is 2.20. The number of carbonyl (C=O) groups is 1. The molecule has 0 atom stereocenters. The second kappa shape index (κ2) is 5.30.